The van der Waals surface area contributed by atoms with Crippen LogP contribution in [0.3, 0.4) is 0 Å². The third kappa shape index (κ3) is 4.40. The zero-order valence-electron chi connectivity index (χ0n) is 15.0. The van der Waals surface area contributed by atoms with Crippen LogP contribution in [0.1, 0.15) is 27.7 Å². The number of carbonyl (C=O) groups excluding carboxylic acids is 1. The molecule has 0 saturated heterocycles. The molecular formula is C19H20FN3OS2. The Hall–Kier alpha value is -1.99. The highest BCUT2D eigenvalue weighted by molar-refractivity contribution is 8.00. The maximum absolute atomic E-state index is 13.1. The number of aromatic nitrogens is 2. The van der Waals surface area contributed by atoms with Gasteiger partial charge < -0.3 is 5.32 Å². The van der Waals surface area contributed by atoms with Crippen LogP contribution in [0.5, 0.6) is 0 Å². The summed E-state index contributed by atoms with van der Waals surface area (Å²) in [5, 5.41) is 3.50. The molecule has 26 heavy (non-hydrogen) atoms. The van der Waals surface area contributed by atoms with Crippen LogP contribution in [0.15, 0.2) is 41.7 Å². The lowest BCUT2D eigenvalue weighted by Gasteiger charge is -2.22. The molecule has 0 aliphatic rings. The third-order valence-electron chi connectivity index (χ3n) is 3.56. The van der Waals surface area contributed by atoms with E-state index in [1.165, 1.54) is 30.2 Å². The first kappa shape index (κ1) is 18.8. The van der Waals surface area contributed by atoms with Crippen LogP contribution < -0.4 is 5.32 Å². The Morgan fingerprint density at radius 3 is 2.58 bits per heavy atom. The predicted molar refractivity (Wildman–Crippen MR) is 106 cm³/mol. The second-order valence-electron chi connectivity index (χ2n) is 7.01. The lowest BCUT2D eigenvalue weighted by Crippen LogP contribution is -2.44. The Labute approximate surface area is 160 Å². The van der Waals surface area contributed by atoms with E-state index < -0.39 is 0 Å². The Morgan fingerprint density at radius 1 is 1.23 bits per heavy atom. The number of fused-ring (bicyclic) bond motifs is 1. The maximum Gasteiger partial charge on any atom is 0.233 e. The summed E-state index contributed by atoms with van der Waals surface area (Å²) in [4.78, 5) is 22.0. The second kappa shape index (κ2) is 7.32. The van der Waals surface area contributed by atoms with E-state index in [9.17, 15) is 9.18 Å². The molecule has 2 heterocycles. The molecule has 0 aliphatic heterocycles. The number of carbonyl (C=O) groups is 1. The van der Waals surface area contributed by atoms with Crippen LogP contribution in [0.2, 0.25) is 0 Å². The fourth-order valence-corrected chi connectivity index (χ4v) is 4.46. The average molecular weight is 390 g/mol. The van der Waals surface area contributed by atoms with Crippen molar-refractivity contribution in [3.05, 3.63) is 42.5 Å². The van der Waals surface area contributed by atoms with Crippen molar-refractivity contribution in [3.8, 4) is 10.4 Å². The standard InChI is InChI=1S/C19H20FN3OS2/c1-11(17(24)23-19(2,3)4)25-18-16-14(21-10-22-18)9-15(26-16)12-5-7-13(20)8-6-12/h5-11H,1-4H3,(H,23,24)/t11-/m1/s1. The summed E-state index contributed by atoms with van der Waals surface area (Å²) in [5.74, 6) is -0.283. The molecule has 3 aromatic rings. The number of nitrogens with one attached hydrogen (secondary N) is 1. The van der Waals surface area contributed by atoms with Crippen LogP contribution >= 0.6 is 23.1 Å². The van der Waals surface area contributed by atoms with Gasteiger partial charge in [0.25, 0.3) is 0 Å². The van der Waals surface area contributed by atoms with E-state index in [0.29, 0.717) is 0 Å². The highest BCUT2D eigenvalue weighted by atomic mass is 32.2. The van der Waals surface area contributed by atoms with Gasteiger partial charge in [0, 0.05) is 10.4 Å². The van der Waals surface area contributed by atoms with E-state index in [4.69, 9.17) is 0 Å². The van der Waals surface area contributed by atoms with E-state index in [1.54, 1.807) is 23.5 Å². The normalized spacial score (nSPS) is 13.0. The Bertz CT molecular complexity index is 932. The first-order valence-electron chi connectivity index (χ1n) is 8.22. The average Bonchev–Trinajstić information content (AvgIpc) is 2.99. The van der Waals surface area contributed by atoms with Gasteiger partial charge in [0.2, 0.25) is 5.91 Å². The van der Waals surface area contributed by atoms with Gasteiger partial charge in [-0.2, -0.15) is 0 Å². The minimum absolute atomic E-state index is 0.0235. The van der Waals surface area contributed by atoms with Crippen molar-refractivity contribution >= 4 is 39.2 Å². The predicted octanol–water partition coefficient (Wildman–Crippen LogP) is 4.89. The van der Waals surface area contributed by atoms with Crippen molar-refractivity contribution in [2.75, 3.05) is 0 Å². The van der Waals surface area contributed by atoms with Gasteiger partial charge in [-0.1, -0.05) is 23.9 Å². The minimum atomic E-state index is -0.274. The van der Waals surface area contributed by atoms with Crippen molar-refractivity contribution in [1.82, 2.24) is 15.3 Å². The number of benzene rings is 1. The monoisotopic (exact) mass is 389 g/mol. The molecule has 7 heteroatoms. The van der Waals surface area contributed by atoms with Gasteiger partial charge in [0.15, 0.2) is 0 Å². The number of amides is 1. The molecule has 1 aromatic carbocycles. The zero-order chi connectivity index (χ0) is 18.9. The number of thiophene rings is 1. The van der Waals surface area contributed by atoms with Crippen molar-refractivity contribution in [2.45, 2.75) is 43.5 Å². The van der Waals surface area contributed by atoms with Gasteiger partial charge in [-0.25, -0.2) is 14.4 Å². The quantitative estimate of drug-likeness (QED) is 0.510. The molecule has 1 N–H and O–H groups in total. The third-order valence-corrected chi connectivity index (χ3v) is 5.97. The molecule has 0 radical (unpaired) electrons. The molecule has 1 atom stereocenters. The van der Waals surface area contributed by atoms with Crippen LogP contribution in [0, 0.1) is 5.82 Å². The van der Waals surface area contributed by atoms with Gasteiger partial charge in [0.05, 0.1) is 15.5 Å². The van der Waals surface area contributed by atoms with Gasteiger partial charge >= 0.3 is 0 Å². The summed E-state index contributed by atoms with van der Waals surface area (Å²) in [6, 6.07) is 8.36. The van der Waals surface area contributed by atoms with Crippen LogP contribution in [-0.4, -0.2) is 26.7 Å². The van der Waals surface area contributed by atoms with Gasteiger partial charge in [-0.05, 0) is 51.5 Å². The van der Waals surface area contributed by atoms with Crippen molar-refractivity contribution in [2.24, 2.45) is 0 Å². The summed E-state index contributed by atoms with van der Waals surface area (Å²) >= 11 is 2.97. The Morgan fingerprint density at radius 2 is 1.92 bits per heavy atom. The van der Waals surface area contributed by atoms with Gasteiger partial charge in [-0.15, -0.1) is 11.3 Å². The Balaban J connectivity index is 1.87. The SMILES string of the molecule is C[C@@H](Sc1ncnc2cc(-c3ccc(F)cc3)sc12)C(=O)NC(C)(C)C. The molecule has 136 valence electrons. The molecule has 0 unspecified atom stereocenters. The minimum Gasteiger partial charge on any atom is -0.351 e. The summed E-state index contributed by atoms with van der Waals surface area (Å²) in [7, 11) is 0. The highest BCUT2D eigenvalue weighted by Gasteiger charge is 2.22. The fraction of sp³-hybridized carbons (Fsp3) is 0.316. The van der Waals surface area contributed by atoms with Crippen molar-refractivity contribution in [3.63, 3.8) is 0 Å². The summed E-state index contributed by atoms with van der Waals surface area (Å²) < 4.78 is 14.1. The summed E-state index contributed by atoms with van der Waals surface area (Å²) in [6.45, 7) is 7.74. The van der Waals surface area contributed by atoms with E-state index in [1.807, 2.05) is 33.8 Å². The molecule has 4 nitrogen and oxygen atoms in total. The van der Waals surface area contributed by atoms with Crippen molar-refractivity contribution in [1.29, 1.82) is 0 Å². The molecule has 0 fully saturated rings. The number of hydrogen-bond donors (Lipinski definition) is 1. The molecule has 0 spiro atoms. The molecular weight excluding hydrogens is 369 g/mol. The van der Waals surface area contributed by atoms with Crippen LogP contribution in [0.25, 0.3) is 20.7 Å². The first-order chi connectivity index (χ1) is 12.2. The number of thioether (sulfide) groups is 1. The molecule has 0 bridgehead atoms. The zero-order valence-corrected chi connectivity index (χ0v) is 16.7. The number of nitrogens with zero attached hydrogens (tertiary/aromatic N) is 2. The van der Waals surface area contributed by atoms with E-state index in [2.05, 4.69) is 15.3 Å². The topological polar surface area (TPSA) is 54.9 Å². The lowest BCUT2D eigenvalue weighted by atomic mass is 10.1. The van der Waals surface area contributed by atoms with E-state index >= 15 is 0 Å². The molecule has 0 aliphatic carbocycles. The maximum atomic E-state index is 13.1. The second-order valence-corrected chi connectivity index (χ2v) is 9.39. The highest BCUT2D eigenvalue weighted by Crippen LogP contribution is 2.38. The molecule has 2 aromatic heterocycles. The van der Waals surface area contributed by atoms with Crippen LogP contribution in [-0.2, 0) is 4.79 Å². The van der Waals surface area contributed by atoms with Gasteiger partial charge in [-0.3, -0.25) is 4.79 Å². The Kier molecular flexibility index (Phi) is 5.29. The van der Waals surface area contributed by atoms with E-state index in [0.717, 1.165) is 25.7 Å². The fourth-order valence-electron chi connectivity index (χ4n) is 2.37. The van der Waals surface area contributed by atoms with Crippen LogP contribution in [0.4, 0.5) is 4.39 Å². The number of rotatable bonds is 4. The van der Waals surface area contributed by atoms with Gasteiger partial charge in [0.1, 0.15) is 17.2 Å². The number of halogens is 1. The largest absolute Gasteiger partial charge is 0.351 e. The molecule has 3 rings (SSSR count). The first-order valence-corrected chi connectivity index (χ1v) is 9.92. The van der Waals surface area contributed by atoms with E-state index in [-0.39, 0.29) is 22.5 Å². The summed E-state index contributed by atoms with van der Waals surface area (Å²) in [6.07, 6.45) is 1.51. The lowest BCUT2D eigenvalue weighted by molar-refractivity contribution is -0.121. The summed E-state index contributed by atoms with van der Waals surface area (Å²) in [5.41, 5.74) is 1.49. The van der Waals surface area contributed by atoms with Crippen molar-refractivity contribution < 1.29 is 9.18 Å². The smallest absolute Gasteiger partial charge is 0.233 e. The molecule has 0 saturated carbocycles. The number of hydrogen-bond acceptors (Lipinski definition) is 5. The molecule has 1 amide bonds.